The van der Waals surface area contributed by atoms with Crippen LogP contribution < -0.4 is 0 Å². The van der Waals surface area contributed by atoms with Crippen molar-refractivity contribution in [2.75, 3.05) is 0 Å². The molecule has 0 spiro atoms. The first-order chi connectivity index (χ1) is 4.22. The zero-order valence-electron chi connectivity index (χ0n) is 6.72. The summed E-state index contributed by atoms with van der Waals surface area (Å²) in [4.78, 5) is 0. The zero-order valence-corrected chi connectivity index (χ0v) is 6.72. The molecule has 0 aliphatic heterocycles. The van der Waals surface area contributed by atoms with Crippen LogP contribution in [0.25, 0.3) is 0 Å². The molecule has 1 unspecified atom stereocenters. The lowest BCUT2D eigenvalue weighted by Gasteiger charge is -2.15. The van der Waals surface area contributed by atoms with Gasteiger partial charge in [0.25, 0.3) is 0 Å². The highest BCUT2D eigenvalue weighted by molar-refractivity contribution is 4.61. The zero-order chi connectivity index (χ0) is 7.28. The molecule has 0 aromatic heterocycles. The Kier molecular flexibility index (Phi) is 4.78. The van der Waals surface area contributed by atoms with Crippen molar-refractivity contribution >= 4 is 0 Å². The second-order valence-corrected chi connectivity index (χ2v) is 2.74. The van der Waals surface area contributed by atoms with Gasteiger partial charge in [-0.05, 0) is 12.3 Å². The van der Waals surface area contributed by atoms with Gasteiger partial charge in [-0.25, -0.2) is 0 Å². The monoisotopic (exact) mass is 130 g/mol. The smallest absolute Gasteiger partial charge is 0.0565 e. The van der Waals surface area contributed by atoms with E-state index in [0.29, 0.717) is 5.92 Å². The second-order valence-electron chi connectivity index (χ2n) is 2.74. The van der Waals surface area contributed by atoms with Crippen molar-refractivity contribution in [2.24, 2.45) is 5.92 Å². The topological polar surface area (TPSA) is 20.2 Å². The van der Waals surface area contributed by atoms with Gasteiger partial charge in [-0.15, -0.1) is 0 Å². The molecule has 0 aromatic carbocycles. The molecular weight excluding hydrogens is 112 g/mol. The van der Waals surface area contributed by atoms with Crippen LogP contribution in [0.1, 0.15) is 40.0 Å². The van der Waals surface area contributed by atoms with Crippen LogP contribution in [0.5, 0.6) is 0 Å². The van der Waals surface area contributed by atoms with E-state index in [2.05, 4.69) is 20.8 Å². The van der Waals surface area contributed by atoms with Gasteiger partial charge in [-0.2, -0.15) is 0 Å². The Labute approximate surface area is 58.1 Å². The molecule has 1 nitrogen and oxygen atoms in total. The molecule has 0 saturated carbocycles. The van der Waals surface area contributed by atoms with E-state index in [9.17, 15) is 5.11 Å². The highest BCUT2D eigenvalue weighted by Crippen LogP contribution is 2.11. The Hall–Kier alpha value is -0.0400. The lowest BCUT2D eigenvalue weighted by molar-refractivity contribution is 0.105. The van der Waals surface area contributed by atoms with E-state index in [1.807, 2.05) is 0 Å². The lowest BCUT2D eigenvalue weighted by Crippen LogP contribution is -2.15. The van der Waals surface area contributed by atoms with Gasteiger partial charge in [0.2, 0.25) is 0 Å². The maximum absolute atomic E-state index is 9.32. The van der Waals surface area contributed by atoms with E-state index in [4.69, 9.17) is 0 Å². The van der Waals surface area contributed by atoms with Gasteiger partial charge in [-0.1, -0.05) is 33.6 Å². The fraction of sp³-hybridized carbons (Fsp3) is 1.00. The van der Waals surface area contributed by atoms with Crippen LogP contribution in [0.4, 0.5) is 0 Å². The molecule has 0 bridgehead atoms. The van der Waals surface area contributed by atoms with Crippen LogP contribution in [0.2, 0.25) is 0 Å². The summed E-state index contributed by atoms with van der Waals surface area (Å²) in [6, 6.07) is 0. The number of rotatable bonds is 4. The minimum absolute atomic E-state index is 0.0694. The van der Waals surface area contributed by atoms with Crippen molar-refractivity contribution in [1.29, 1.82) is 0 Å². The Morgan fingerprint density at radius 1 is 1.33 bits per heavy atom. The second kappa shape index (κ2) is 4.80. The highest BCUT2D eigenvalue weighted by atomic mass is 16.3. The molecule has 0 amide bonds. The molecule has 0 aliphatic rings. The summed E-state index contributed by atoms with van der Waals surface area (Å²) in [7, 11) is 0. The third-order valence-corrected chi connectivity index (χ3v) is 1.89. The number of hydrogen-bond donors (Lipinski definition) is 1. The Bertz CT molecular complexity index is 61.6. The maximum Gasteiger partial charge on any atom is 0.0565 e. The SMILES string of the molecule is CCC[C@@H](O)C(C)CC. The minimum atomic E-state index is -0.0694. The van der Waals surface area contributed by atoms with Gasteiger partial charge in [0.15, 0.2) is 0 Å². The minimum Gasteiger partial charge on any atom is -0.393 e. The van der Waals surface area contributed by atoms with Crippen molar-refractivity contribution in [3.05, 3.63) is 0 Å². The van der Waals surface area contributed by atoms with Crippen LogP contribution in [0.3, 0.4) is 0 Å². The van der Waals surface area contributed by atoms with Crippen molar-refractivity contribution in [3.63, 3.8) is 0 Å². The maximum atomic E-state index is 9.32. The van der Waals surface area contributed by atoms with E-state index in [1.165, 1.54) is 0 Å². The summed E-state index contributed by atoms with van der Waals surface area (Å²) >= 11 is 0. The quantitative estimate of drug-likeness (QED) is 0.618. The third kappa shape index (κ3) is 3.52. The molecule has 0 aromatic rings. The standard InChI is InChI=1S/C8H18O/c1-4-6-8(9)7(3)5-2/h7-9H,4-6H2,1-3H3/t7?,8-/m1/s1. The molecule has 0 saturated heterocycles. The van der Waals surface area contributed by atoms with Crippen LogP contribution in [-0.4, -0.2) is 11.2 Å². The van der Waals surface area contributed by atoms with E-state index >= 15 is 0 Å². The first kappa shape index (κ1) is 8.96. The van der Waals surface area contributed by atoms with Crippen molar-refractivity contribution < 1.29 is 5.11 Å². The Morgan fingerprint density at radius 3 is 2.22 bits per heavy atom. The van der Waals surface area contributed by atoms with Gasteiger partial charge < -0.3 is 5.11 Å². The molecule has 0 rings (SSSR count). The summed E-state index contributed by atoms with van der Waals surface area (Å²) in [6.45, 7) is 6.31. The summed E-state index contributed by atoms with van der Waals surface area (Å²) < 4.78 is 0. The molecule has 9 heavy (non-hydrogen) atoms. The summed E-state index contributed by atoms with van der Waals surface area (Å²) in [6.07, 6.45) is 3.06. The van der Waals surface area contributed by atoms with Gasteiger partial charge in [0, 0.05) is 0 Å². The molecular formula is C8H18O. The summed E-state index contributed by atoms with van der Waals surface area (Å²) in [5, 5.41) is 9.32. The third-order valence-electron chi connectivity index (χ3n) is 1.89. The average Bonchev–Trinajstić information content (AvgIpc) is 1.87. The predicted octanol–water partition coefficient (Wildman–Crippen LogP) is 2.19. The normalized spacial score (nSPS) is 17.3. The summed E-state index contributed by atoms with van der Waals surface area (Å²) in [5.74, 6) is 0.477. The Balaban J connectivity index is 3.32. The largest absolute Gasteiger partial charge is 0.393 e. The van der Waals surface area contributed by atoms with Crippen molar-refractivity contribution in [2.45, 2.75) is 46.1 Å². The molecule has 0 aliphatic carbocycles. The number of aliphatic hydroxyl groups excluding tert-OH is 1. The van der Waals surface area contributed by atoms with Crippen LogP contribution >= 0.6 is 0 Å². The van der Waals surface area contributed by atoms with E-state index in [-0.39, 0.29) is 6.10 Å². The van der Waals surface area contributed by atoms with Crippen molar-refractivity contribution in [1.82, 2.24) is 0 Å². The number of aliphatic hydroxyl groups is 1. The number of hydrogen-bond acceptors (Lipinski definition) is 1. The van der Waals surface area contributed by atoms with Crippen LogP contribution in [0, 0.1) is 5.92 Å². The fourth-order valence-electron chi connectivity index (χ4n) is 0.852. The first-order valence-electron chi connectivity index (χ1n) is 3.90. The van der Waals surface area contributed by atoms with Crippen LogP contribution in [-0.2, 0) is 0 Å². The highest BCUT2D eigenvalue weighted by Gasteiger charge is 2.09. The van der Waals surface area contributed by atoms with Gasteiger partial charge in [0.05, 0.1) is 6.10 Å². The van der Waals surface area contributed by atoms with E-state index in [1.54, 1.807) is 0 Å². The van der Waals surface area contributed by atoms with Gasteiger partial charge in [-0.3, -0.25) is 0 Å². The van der Waals surface area contributed by atoms with Gasteiger partial charge >= 0.3 is 0 Å². The molecule has 56 valence electrons. The van der Waals surface area contributed by atoms with E-state index < -0.39 is 0 Å². The van der Waals surface area contributed by atoms with Gasteiger partial charge in [0.1, 0.15) is 0 Å². The van der Waals surface area contributed by atoms with Crippen LogP contribution in [0.15, 0.2) is 0 Å². The molecule has 0 heterocycles. The molecule has 0 radical (unpaired) electrons. The molecule has 1 N–H and O–H groups in total. The van der Waals surface area contributed by atoms with E-state index in [0.717, 1.165) is 19.3 Å². The predicted molar refractivity (Wildman–Crippen MR) is 40.4 cm³/mol. The molecule has 0 fully saturated rings. The molecule has 2 atom stereocenters. The average molecular weight is 130 g/mol. The summed E-state index contributed by atoms with van der Waals surface area (Å²) in [5.41, 5.74) is 0. The fourth-order valence-corrected chi connectivity index (χ4v) is 0.852. The first-order valence-corrected chi connectivity index (χ1v) is 3.90. The van der Waals surface area contributed by atoms with Crippen molar-refractivity contribution in [3.8, 4) is 0 Å². The molecule has 1 heteroatoms. The Morgan fingerprint density at radius 2 is 1.89 bits per heavy atom. The lowest BCUT2D eigenvalue weighted by atomic mass is 9.98.